The van der Waals surface area contributed by atoms with Crippen LogP contribution in [0.5, 0.6) is 0 Å². The van der Waals surface area contributed by atoms with Gasteiger partial charge in [0.1, 0.15) is 0 Å². The van der Waals surface area contributed by atoms with Crippen LogP contribution in [-0.2, 0) is 10.4 Å². The van der Waals surface area contributed by atoms with Gasteiger partial charge in [-0.2, -0.15) is 8.42 Å². The molecule has 68 valence electrons. The second-order valence-electron chi connectivity index (χ2n) is 0.764. The largest absolute Gasteiger partial charge is 0.412 e. The van der Waals surface area contributed by atoms with Gasteiger partial charge in [-0.15, -0.1) is 0 Å². The summed E-state index contributed by atoms with van der Waals surface area (Å²) in [5.74, 6) is 0. The van der Waals surface area contributed by atoms with Gasteiger partial charge in [0.25, 0.3) is 0 Å². The molecule has 0 saturated heterocycles. The Morgan fingerprint density at radius 2 is 1.30 bits per heavy atom. The van der Waals surface area contributed by atoms with Crippen molar-refractivity contribution in [1.82, 2.24) is 6.15 Å². The van der Waals surface area contributed by atoms with Gasteiger partial charge in [0.2, 0.25) is 0 Å². The van der Waals surface area contributed by atoms with E-state index >= 15 is 0 Å². The Morgan fingerprint density at radius 1 is 1.30 bits per heavy atom. The van der Waals surface area contributed by atoms with E-state index in [1.807, 2.05) is 0 Å². The zero-order chi connectivity index (χ0) is 7.21. The zero-order valence-corrected chi connectivity index (χ0v) is 6.30. The number of hydrogen-bond donors (Lipinski definition) is 4. The third-order valence-electron chi connectivity index (χ3n) is 0. The van der Waals surface area contributed by atoms with Gasteiger partial charge in [-0.3, -0.25) is 9.11 Å². The van der Waals surface area contributed by atoms with Crippen LogP contribution in [0.4, 0.5) is 0 Å². The number of aliphatic hydroxyl groups excluding tert-OH is 1. The first kappa shape index (κ1) is 22.6. The fourth-order valence-electron chi connectivity index (χ4n) is 0. The molecule has 0 spiro atoms. The van der Waals surface area contributed by atoms with Gasteiger partial charge in [0.15, 0.2) is 0 Å². The van der Waals surface area contributed by atoms with Crippen LogP contribution < -0.4 is 6.15 Å². The summed E-state index contributed by atoms with van der Waals surface area (Å²) in [6.07, 6.45) is 0. The Kier molecular flexibility index (Phi) is 26.0. The smallest absolute Gasteiger partial charge is 0.394 e. The summed E-state index contributed by atoms with van der Waals surface area (Å²) in [4.78, 5) is 0. The highest BCUT2D eigenvalue weighted by molar-refractivity contribution is 7.79. The third-order valence-corrected chi connectivity index (χ3v) is 0. The monoisotopic (exact) mass is 179 g/mol. The van der Waals surface area contributed by atoms with Crippen LogP contribution in [0.15, 0.2) is 0 Å². The van der Waals surface area contributed by atoms with E-state index in [0.717, 1.165) is 0 Å². The molecule has 0 amide bonds. The summed E-state index contributed by atoms with van der Waals surface area (Å²) < 4.78 is 31.6. The molecule has 8 heteroatoms. The lowest BCUT2D eigenvalue weighted by atomic mass is 10.9. The van der Waals surface area contributed by atoms with E-state index in [1.165, 1.54) is 0 Å². The van der Waals surface area contributed by atoms with E-state index in [2.05, 4.69) is 0 Å². The van der Waals surface area contributed by atoms with Crippen molar-refractivity contribution in [2.75, 3.05) is 6.61 Å². The number of hydrogen-bond acceptors (Lipinski definition) is 4. The standard InChI is InChI=1S/C2H6O.H3N.H2O4S.H2O/c1-2-3;;1-5(2,3)4;/h3H,2H2,1H3;1H3;(H2,1,2,3,4);1H2. The maximum absolute atomic E-state index is 8.74. The number of rotatable bonds is 0. The molecule has 0 bridgehead atoms. The quantitative estimate of drug-likeness (QED) is 0.337. The van der Waals surface area contributed by atoms with Gasteiger partial charge in [-0.05, 0) is 6.92 Å². The van der Waals surface area contributed by atoms with Gasteiger partial charge in [0, 0.05) is 6.61 Å². The van der Waals surface area contributed by atoms with Crippen LogP contribution in [0.2, 0.25) is 0 Å². The molecule has 0 fully saturated rings. The third kappa shape index (κ3) is 5650. The van der Waals surface area contributed by atoms with Crippen molar-refractivity contribution in [3.8, 4) is 0 Å². The van der Waals surface area contributed by atoms with Crippen LogP contribution in [0, 0.1) is 0 Å². The highest BCUT2D eigenvalue weighted by Gasteiger charge is 1.84. The van der Waals surface area contributed by atoms with Crippen molar-refractivity contribution in [3.63, 3.8) is 0 Å². The van der Waals surface area contributed by atoms with E-state index < -0.39 is 10.4 Å². The fraction of sp³-hybridized carbons (Fsp3) is 1.00. The van der Waals surface area contributed by atoms with Gasteiger partial charge >= 0.3 is 10.4 Å². The molecular weight excluding hydrogens is 166 g/mol. The van der Waals surface area contributed by atoms with E-state index in [0.29, 0.717) is 0 Å². The maximum atomic E-state index is 8.74. The molecule has 0 aromatic carbocycles. The minimum Gasteiger partial charge on any atom is -0.412 e. The molecule has 0 radical (unpaired) electrons. The van der Waals surface area contributed by atoms with Crippen molar-refractivity contribution in [2.45, 2.75) is 6.92 Å². The summed E-state index contributed by atoms with van der Waals surface area (Å²) in [5, 5.41) is 7.57. The van der Waals surface area contributed by atoms with Gasteiger partial charge in [-0.1, -0.05) is 0 Å². The average molecular weight is 179 g/mol. The Bertz CT molecular complexity index is 110. The predicted molar refractivity (Wildman–Crippen MR) is 35.6 cm³/mol. The summed E-state index contributed by atoms with van der Waals surface area (Å²) in [5.41, 5.74) is 0. The lowest BCUT2D eigenvalue weighted by Gasteiger charge is -1.68. The molecule has 0 aliphatic rings. The van der Waals surface area contributed by atoms with E-state index in [-0.39, 0.29) is 18.2 Å². The van der Waals surface area contributed by atoms with Crippen LogP contribution >= 0.6 is 0 Å². The summed E-state index contributed by atoms with van der Waals surface area (Å²) in [6.45, 7) is 1.93. The van der Waals surface area contributed by atoms with Crippen molar-refractivity contribution < 1.29 is 28.1 Å². The molecule has 7 nitrogen and oxygen atoms in total. The second kappa shape index (κ2) is 11.5. The lowest BCUT2D eigenvalue weighted by Crippen LogP contribution is -1.89. The average Bonchev–Trinajstić information content (AvgIpc) is 1.27. The Hall–Kier alpha value is -0.250. The summed E-state index contributed by atoms with van der Waals surface area (Å²) in [6, 6.07) is 0. The molecule has 0 aromatic heterocycles. The van der Waals surface area contributed by atoms with E-state index in [1.54, 1.807) is 6.92 Å². The Labute approximate surface area is 59.2 Å². The first-order valence-corrected chi connectivity index (χ1v) is 3.12. The number of aliphatic hydroxyl groups is 1. The normalized spacial score (nSPS) is 7.60. The molecule has 0 unspecified atom stereocenters. The first-order valence-electron chi connectivity index (χ1n) is 1.72. The Balaban J connectivity index is -0.0000000326. The van der Waals surface area contributed by atoms with Crippen molar-refractivity contribution >= 4 is 10.4 Å². The molecular formula is C2H13NO6S. The molecule has 0 aliphatic carbocycles. The van der Waals surface area contributed by atoms with Crippen LogP contribution in [0.25, 0.3) is 0 Å². The van der Waals surface area contributed by atoms with Crippen molar-refractivity contribution in [3.05, 3.63) is 0 Å². The first-order chi connectivity index (χ1) is 3.41. The van der Waals surface area contributed by atoms with Crippen molar-refractivity contribution in [1.29, 1.82) is 0 Å². The molecule has 8 N–H and O–H groups in total. The topological polar surface area (TPSA) is 161 Å². The fourth-order valence-corrected chi connectivity index (χ4v) is 0. The molecule has 0 heterocycles. The Morgan fingerprint density at radius 3 is 1.30 bits per heavy atom. The van der Waals surface area contributed by atoms with Crippen molar-refractivity contribution in [2.24, 2.45) is 0 Å². The minimum atomic E-state index is -4.67. The van der Waals surface area contributed by atoms with Crippen LogP contribution in [-0.4, -0.2) is 34.7 Å². The molecule has 0 atom stereocenters. The molecule has 0 aromatic rings. The minimum absolute atomic E-state index is 0. The SMILES string of the molecule is CCO.N.O.O=S(=O)(O)O. The summed E-state index contributed by atoms with van der Waals surface area (Å²) >= 11 is 0. The highest BCUT2D eigenvalue weighted by Crippen LogP contribution is 1.59. The van der Waals surface area contributed by atoms with Gasteiger partial charge in [0.05, 0.1) is 0 Å². The molecule has 0 rings (SSSR count). The second-order valence-corrected chi connectivity index (χ2v) is 1.66. The molecule has 10 heavy (non-hydrogen) atoms. The lowest BCUT2D eigenvalue weighted by molar-refractivity contribution is 0.318. The molecule has 0 saturated carbocycles. The van der Waals surface area contributed by atoms with Gasteiger partial charge in [-0.25, -0.2) is 0 Å². The van der Waals surface area contributed by atoms with Crippen LogP contribution in [0.1, 0.15) is 6.92 Å². The zero-order valence-electron chi connectivity index (χ0n) is 5.48. The summed E-state index contributed by atoms with van der Waals surface area (Å²) in [7, 11) is -4.67. The van der Waals surface area contributed by atoms with E-state index in [9.17, 15) is 0 Å². The van der Waals surface area contributed by atoms with Gasteiger partial charge < -0.3 is 16.7 Å². The maximum Gasteiger partial charge on any atom is 0.394 e. The predicted octanol–water partition coefficient (Wildman–Crippen LogP) is -1.32. The molecule has 0 aliphatic heterocycles. The van der Waals surface area contributed by atoms with Crippen LogP contribution in [0.3, 0.4) is 0 Å². The van der Waals surface area contributed by atoms with E-state index in [4.69, 9.17) is 22.6 Å². The highest BCUT2D eigenvalue weighted by atomic mass is 32.3.